The molecule has 0 aromatic heterocycles. The summed E-state index contributed by atoms with van der Waals surface area (Å²) in [6.07, 6.45) is 3.64. The van der Waals surface area contributed by atoms with E-state index in [9.17, 15) is 14.4 Å². The molecule has 0 spiro atoms. The van der Waals surface area contributed by atoms with Gasteiger partial charge in [-0.15, -0.1) is 11.8 Å². The van der Waals surface area contributed by atoms with Gasteiger partial charge in [-0.3, -0.25) is 9.69 Å². The summed E-state index contributed by atoms with van der Waals surface area (Å²) in [5, 5.41) is 5.71. The van der Waals surface area contributed by atoms with Crippen LogP contribution in [0.4, 0.5) is 4.79 Å². The second kappa shape index (κ2) is 9.91. The molecule has 7 nitrogen and oxygen atoms in total. The van der Waals surface area contributed by atoms with E-state index in [4.69, 9.17) is 4.74 Å². The molecule has 2 aromatic rings. The smallest absolute Gasteiger partial charge is 0.338 e. The lowest BCUT2D eigenvalue weighted by Crippen LogP contribution is -2.50. The van der Waals surface area contributed by atoms with Gasteiger partial charge in [-0.1, -0.05) is 42.5 Å². The molecule has 2 aromatic carbocycles. The van der Waals surface area contributed by atoms with Crippen LogP contribution in [0.2, 0.25) is 0 Å². The summed E-state index contributed by atoms with van der Waals surface area (Å²) in [5.41, 5.74) is 2.85. The van der Waals surface area contributed by atoms with Crippen LogP contribution in [0, 0.1) is 0 Å². The van der Waals surface area contributed by atoms with Crippen molar-refractivity contribution < 1.29 is 19.1 Å². The lowest BCUT2D eigenvalue weighted by molar-refractivity contribution is -0.136. The Balaban J connectivity index is 1.41. The van der Waals surface area contributed by atoms with E-state index in [0.717, 1.165) is 23.3 Å². The first kappa shape index (κ1) is 22.0. The van der Waals surface area contributed by atoms with Gasteiger partial charge in [0.15, 0.2) is 0 Å². The number of thioether (sulfide) groups is 1. The highest BCUT2D eigenvalue weighted by Gasteiger charge is 2.42. The van der Waals surface area contributed by atoms with Crippen molar-refractivity contribution in [3.63, 3.8) is 0 Å². The fourth-order valence-corrected chi connectivity index (χ4v) is 4.30. The molecule has 0 saturated heterocycles. The fourth-order valence-electron chi connectivity index (χ4n) is 3.89. The van der Waals surface area contributed by atoms with Gasteiger partial charge in [-0.25, -0.2) is 9.59 Å². The van der Waals surface area contributed by atoms with Gasteiger partial charge < -0.3 is 15.4 Å². The summed E-state index contributed by atoms with van der Waals surface area (Å²) < 4.78 is 5.22. The number of rotatable bonds is 8. The van der Waals surface area contributed by atoms with Crippen molar-refractivity contribution in [3.8, 4) is 0 Å². The lowest BCUT2D eigenvalue weighted by Gasteiger charge is -2.32. The largest absolute Gasteiger partial charge is 0.456 e. The van der Waals surface area contributed by atoms with E-state index in [1.54, 1.807) is 11.8 Å². The third-order valence-electron chi connectivity index (χ3n) is 5.56. The molecule has 0 fully saturated rings. The van der Waals surface area contributed by atoms with Crippen molar-refractivity contribution in [2.75, 3.05) is 26.0 Å². The molecular formula is C24H25N3O4S. The molecule has 8 heteroatoms. The Labute approximate surface area is 191 Å². The van der Waals surface area contributed by atoms with E-state index in [2.05, 4.69) is 22.8 Å². The van der Waals surface area contributed by atoms with Crippen LogP contribution < -0.4 is 10.6 Å². The number of hydrogen-bond acceptors (Lipinski definition) is 5. The Morgan fingerprint density at radius 2 is 1.91 bits per heavy atom. The molecule has 0 radical (unpaired) electrons. The number of benzene rings is 2. The number of amides is 3. The zero-order valence-corrected chi connectivity index (χ0v) is 18.6. The average molecular weight is 452 g/mol. The summed E-state index contributed by atoms with van der Waals surface area (Å²) >= 11 is 1.61. The Kier molecular flexibility index (Phi) is 6.80. The van der Waals surface area contributed by atoms with Crippen LogP contribution in [-0.2, 0) is 20.7 Å². The van der Waals surface area contributed by atoms with Crippen molar-refractivity contribution >= 4 is 29.7 Å². The van der Waals surface area contributed by atoms with Gasteiger partial charge in [-0.05, 0) is 42.4 Å². The first-order chi connectivity index (χ1) is 15.6. The molecule has 0 saturated carbocycles. The Hall–Kier alpha value is -3.26. The quantitative estimate of drug-likeness (QED) is 0.366. The number of carbonyl (C=O) groups excluding carboxylic acids is 3. The molecule has 2 heterocycles. The number of carbonyl (C=O) groups is 3. The maximum atomic E-state index is 12.8. The number of urea groups is 1. The summed E-state index contributed by atoms with van der Waals surface area (Å²) in [6.45, 7) is 0.335. The molecule has 166 valence electrons. The Morgan fingerprint density at radius 3 is 2.62 bits per heavy atom. The Morgan fingerprint density at radius 1 is 1.16 bits per heavy atom. The van der Waals surface area contributed by atoms with Gasteiger partial charge in [0.2, 0.25) is 5.91 Å². The standard InChI is InChI=1S/C24H25N3O4S/c1-32-18-11-9-17(10-12-18)22-21-19(15-31-23(21)29)27(24(30)26-22)14-20(28)25-13-5-8-16-6-3-2-4-7-16/h2-4,6-7,9-12,22H,5,8,13-15H2,1H3,(H,25,28)(H,26,30)/t22-/m1/s1. The van der Waals surface area contributed by atoms with Crippen molar-refractivity contribution in [2.24, 2.45) is 0 Å². The van der Waals surface area contributed by atoms with E-state index in [0.29, 0.717) is 17.8 Å². The molecule has 32 heavy (non-hydrogen) atoms. The van der Waals surface area contributed by atoms with E-state index in [1.165, 1.54) is 10.5 Å². The normalized spacial score (nSPS) is 17.7. The number of cyclic esters (lactones) is 1. The van der Waals surface area contributed by atoms with Gasteiger partial charge in [0.25, 0.3) is 0 Å². The van der Waals surface area contributed by atoms with Crippen LogP contribution in [0.15, 0.2) is 70.8 Å². The first-order valence-electron chi connectivity index (χ1n) is 10.5. The molecule has 1 atom stereocenters. The molecule has 0 aliphatic carbocycles. The van der Waals surface area contributed by atoms with Crippen LogP contribution >= 0.6 is 11.8 Å². The van der Waals surface area contributed by atoms with Crippen molar-refractivity contribution in [1.82, 2.24) is 15.5 Å². The lowest BCUT2D eigenvalue weighted by atomic mass is 9.96. The van der Waals surface area contributed by atoms with Gasteiger partial charge in [0.1, 0.15) is 13.2 Å². The fraction of sp³-hybridized carbons (Fsp3) is 0.292. The maximum absolute atomic E-state index is 12.8. The van der Waals surface area contributed by atoms with E-state index >= 15 is 0 Å². The summed E-state index contributed by atoms with van der Waals surface area (Å²) in [7, 11) is 0. The summed E-state index contributed by atoms with van der Waals surface area (Å²) in [6, 6.07) is 16.7. The van der Waals surface area contributed by atoms with Crippen molar-refractivity contribution in [1.29, 1.82) is 0 Å². The predicted molar refractivity (Wildman–Crippen MR) is 122 cm³/mol. The number of nitrogens with zero attached hydrogens (tertiary/aromatic N) is 1. The molecule has 4 rings (SSSR count). The SMILES string of the molecule is CSc1ccc([C@H]2NC(=O)N(CC(=O)NCCCc3ccccc3)C3=C2C(=O)OC3)cc1. The zero-order valence-electron chi connectivity index (χ0n) is 17.8. The highest BCUT2D eigenvalue weighted by molar-refractivity contribution is 7.98. The molecule has 0 unspecified atom stereocenters. The Bertz CT molecular complexity index is 1040. The van der Waals surface area contributed by atoms with Crippen LogP contribution in [0.5, 0.6) is 0 Å². The van der Waals surface area contributed by atoms with Gasteiger partial charge in [0.05, 0.1) is 17.3 Å². The van der Waals surface area contributed by atoms with Gasteiger partial charge in [0, 0.05) is 11.4 Å². The van der Waals surface area contributed by atoms with Crippen LogP contribution in [0.1, 0.15) is 23.6 Å². The number of ether oxygens (including phenoxy) is 1. The minimum Gasteiger partial charge on any atom is -0.456 e. The zero-order chi connectivity index (χ0) is 22.5. The minimum atomic E-state index is -0.589. The first-order valence-corrected chi connectivity index (χ1v) is 11.7. The number of aryl methyl sites for hydroxylation is 1. The second-order valence-corrected chi connectivity index (χ2v) is 8.50. The van der Waals surface area contributed by atoms with Gasteiger partial charge >= 0.3 is 12.0 Å². The van der Waals surface area contributed by atoms with Crippen molar-refractivity contribution in [3.05, 3.63) is 77.0 Å². The van der Waals surface area contributed by atoms with E-state index in [-0.39, 0.29) is 19.1 Å². The molecule has 2 N–H and O–H groups in total. The van der Waals surface area contributed by atoms with E-state index in [1.807, 2.05) is 48.7 Å². The number of hydrogen-bond donors (Lipinski definition) is 2. The monoisotopic (exact) mass is 451 g/mol. The van der Waals surface area contributed by atoms with E-state index < -0.39 is 18.0 Å². The topological polar surface area (TPSA) is 87.7 Å². The molecule has 2 aliphatic rings. The van der Waals surface area contributed by atoms with Crippen molar-refractivity contribution in [2.45, 2.75) is 23.8 Å². The second-order valence-electron chi connectivity index (χ2n) is 7.62. The third-order valence-corrected chi connectivity index (χ3v) is 6.30. The number of nitrogens with one attached hydrogen (secondary N) is 2. The maximum Gasteiger partial charge on any atom is 0.338 e. The van der Waals surface area contributed by atoms with Crippen LogP contribution in [0.25, 0.3) is 0 Å². The highest BCUT2D eigenvalue weighted by Crippen LogP contribution is 2.35. The minimum absolute atomic E-state index is 0.0116. The highest BCUT2D eigenvalue weighted by atomic mass is 32.2. The third kappa shape index (κ3) is 4.80. The summed E-state index contributed by atoms with van der Waals surface area (Å²) in [5.74, 6) is -0.741. The average Bonchev–Trinajstić information content (AvgIpc) is 3.20. The van der Waals surface area contributed by atoms with Crippen LogP contribution in [0.3, 0.4) is 0 Å². The number of esters is 1. The predicted octanol–water partition coefficient (Wildman–Crippen LogP) is 3.03. The molecular weight excluding hydrogens is 426 g/mol. The van der Waals surface area contributed by atoms with Crippen LogP contribution in [-0.4, -0.2) is 48.8 Å². The molecule has 2 aliphatic heterocycles. The molecule has 0 bridgehead atoms. The summed E-state index contributed by atoms with van der Waals surface area (Å²) in [4.78, 5) is 40.1. The van der Waals surface area contributed by atoms with Gasteiger partial charge in [-0.2, -0.15) is 0 Å². The molecule has 3 amide bonds.